The van der Waals surface area contributed by atoms with Crippen molar-refractivity contribution >= 4 is 37.8 Å². The van der Waals surface area contributed by atoms with Gasteiger partial charge in [-0.25, -0.2) is 13.2 Å². The van der Waals surface area contributed by atoms with E-state index in [-0.39, 0.29) is 46.9 Å². The first-order valence-corrected chi connectivity index (χ1v) is 8.35. The molecule has 0 unspecified atom stereocenters. The van der Waals surface area contributed by atoms with Gasteiger partial charge in [-0.1, -0.05) is 0 Å². The van der Waals surface area contributed by atoms with Gasteiger partial charge in [-0.3, -0.25) is 4.79 Å². The minimum absolute atomic E-state index is 0.0674. The van der Waals surface area contributed by atoms with Crippen LogP contribution in [0.25, 0.3) is 0 Å². The minimum Gasteiger partial charge on any atom is -0.478 e. The van der Waals surface area contributed by atoms with Crippen molar-refractivity contribution in [2.24, 2.45) is 0 Å². The molecule has 7 nitrogen and oxygen atoms in total. The molecular formula is C12H13BrN2O5S. The molecule has 0 aliphatic carbocycles. The van der Waals surface area contributed by atoms with E-state index in [1.807, 2.05) is 0 Å². The van der Waals surface area contributed by atoms with E-state index in [4.69, 9.17) is 5.11 Å². The van der Waals surface area contributed by atoms with Crippen LogP contribution in [0.4, 0.5) is 0 Å². The second-order valence-corrected chi connectivity index (χ2v) is 7.22. The lowest BCUT2D eigenvalue weighted by Gasteiger charge is -2.20. The van der Waals surface area contributed by atoms with Crippen molar-refractivity contribution in [3.05, 3.63) is 28.2 Å². The van der Waals surface area contributed by atoms with Crippen molar-refractivity contribution in [2.45, 2.75) is 11.3 Å². The number of nitrogens with zero attached hydrogens (tertiary/aromatic N) is 1. The molecule has 0 spiro atoms. The molecule has 1 saturated heterocycles. The second kappa shape index (κ2) is 6.12. The standard InChI is InChI=1S/C12H13BrN2O5S/c13-9-2-1-8(12(17)18)7-10(9)21(19,20)15-5-3-11(16)14-4-6-15/h1-2,7H,3-6H2,(H,14,16)(H,17,18). The maximum Gasteiger partial charge on any atom is 0.335 e. The predicted octanol–water partition coefficient (Wildman–Crippen LogP) is 0.658. The van der Waals surface area contributed by atoms with Crippen LogP contribution in [0.15, 0.2) is 27.6 Å². The Morgan fingerprint density at radius 1 is 1.33 bits per heavy atom. The van der Waals surface area contributed by atoms with E-state index in [0.29, 0.717) is 0 Å². The quantitative estimate of drug-likeness (QED) is 0.806. The van der Waals surface area contributed by atoms with Crippen LogP contribution in [-0.4, -0.2) is 49.3 Å². The monoisotopic (exact) mass is 376 g/mol. The molecule has 1 aromatic carbocycles. The normalized spacial score (nSPS) is 17.1. The number of carboxylic acid groups (broad SMARTS) is 1. The fourth-order valence-electron chi connectivity index (χ4n) is 1.96. The summed E-state index contributed by atoms with van der Waals surface area (Å²) in [5, 5.41) is 11.6. The summed E-state index contributed by atoms with van der Waals surface area (Å²) in [4.78, 5) is 22.2. The Morgan fingerprint density at radius 3 is 2.71 bits per heavy atom. The summed E-state index contributed by atoms with van der Waals surface area (Å²) in [6.07, 6.45) is 0.0788. The maximum absolute atomic E-state index is 12.6. The topological polar surface area (TPSA) is 104 Å². The predicted molar refractivity (Wildman–Crippen MR) is 77.5 cm³/mol. The highest BCUT2D eigenvalue weighted by molar-refractivity contribution is 9.10. The molecule has 1 fully saturated rings. The molecule has 0 saturated carbocycles. The van der Waals surface area contributed by atoms with Crippen LogP contribution in [0.1, 0.15) is 16.8 Å². The highest BCUT2D eigenvalue weighted by Crippen LogP contribution is 2.26. The second-order valence-electron chi connectivity index (χ2n) is 4.45. The number of carbonyl (C=O) groups excluding carboxylic acids is 1. The lowest BCUT2D eigenvalue weighted by Crippen LogP contribution is -2.34. The molecule has 2 N–H and O–H groups in total. The first kappa shape index (κ1) is 15.9. The Hall–Kier alpha value is -1.45. The summed E-state index contributed by atoms with van der Waals surface area (Å²) in [6, 6.07) is 3.82. The van der Waals surface area contributed by atoms with Crippen LogP contribution < -0.4 is 5.32 Å². The summed E-state index contributed by atoms with van der Waals surface area (Å²) in [6.45, 7) is 0.448. The molecule has 1 aliphatic rings. The summed E-state index contributed by atoms with van der Waals surface area (Å²) < 4.78 is 26.7. The van der Waals surface area contributed by atoms with E-state index in [1.54, 1.807) is 0 Å². The number of amides is 1. The molecule has 1 heterocycles. The van der Waals surface area contributed by atoms with Gasteiger partial charge >= 0.3 is 5.97 Å². The van der Waals surface area contributed by atoms with Crippen LogP contribution >= 0.6 is 15.9 Å². The number of aromatic carboxylic acids is 1. The molecular weight excluding hydrogens is 364 g/mol. The van der Waals surface area contributed by atoms with E-state index in [2.05, 4.69) is 21.2 Å². The first-order chi connectivity index (χ1) is 9.82. The summed E-state index contributed by atoms with van der Waals surface area (Å²) >= 11 is 3.13. The van der Waals surface area contributed by atoms with Crippen LogP contribution in [0.5, 0.6) is 0 Å². The maximum atomic E-state index is 12.6. The molecule has 1 amide bonds. The van der Waals surface area contributed by atoms with E-state index in [0.717, 1.165) is 6.07 Å². The molecule has 9 heteroatoms. The molecule has 0 aromatic heterocycles. The summed E-state index contributed by atoms with van der Waals surface area (Å²) in [7, 11) is -3.86. The van der Waals surface area contributed by atoms with Gasteiger partial charge < -0.3 is 10.4 Å². The van der Waals surface area contributed by atoms with E-state index >= 15 is 0 Å². The fraction of sp³-hybridized carbons (Fsp3) is 0.333. The number of rotatable bonds is 3. The van der Waals surface area contributed by atoms with E-state index in [1.165, 1.54) is 16.4 Å². The molecule has 114 valence electrons. The zero-order chi connectivity index (χ0) is 15.6. The van der Waals surface area contributed by atoms with E-state index in [9.17, 15) is 18.0 Å². The van der Waals surface area contributed by atoms with Gasteiger partial charge in [-0.15, -0.1) is 0 Å². The van der Waals surface area contributed by atoms with Crippen LogP contribution in [0, 0.1) is 0 Å². The number of nitrogens with one attached hydrogen (secondary N) is 1. The van der Waals surface area contributed by atoms with Crippen molar-refractivity contribution in [1.29, 1.82) is 0 Å². The first-order valence-electron chi connectivity index (χ1n) is 6.12. The SMILES string of the molecule is O=C1CCN(S(=O)(=O)c2cc(C(=O)O)ccc2Br)CCN1. The molecule has 1 aromatic rings. The lowest BCUT2D eigenvalue weighted by atomic mass is 10.2. The number of benzene rings is 1. The Bertz CT molecular complexity index is 689. The minimum atomic E-state index is -3.86. The zero-order valence-corrected chi connectivity index (χ0v) is 13.3. The smallest absolute Gasteiger partial charge is 0.335 e. The van der Waals surface area contributed by atoms with Crippen molar-refractivity contribution in [1.82, 2.24) is 9.62 Å². The van der Waals surface area contributed by atoms with Gasteiger partial charge in [0, 0.05) is 30.5 Å². The van der Waals surface area contributed by atoms with Gasteiger partial charge in [0.2, 0.25) is 15.9 Å². The third kappa shape index (κ3) is 3.42. The van der Waals surface area contributed by atoms with Gasteiger partial charge in [0.25, 0.3) is 0 Å². The number of hydrogen-bond acceptors (Lipinski definition) is 4. The molecule has 21 heavy (non-hydrogen) atoms. The van der Waals surface area contributed by atoms with Crippen LogP contribution in [-0.2, 0) is 14.8 Å². The summed E-state index contributed by atoms with van der Waals surface area (Å²) in [5.41, 5.74) is -0.110. The molecule has 1 aliphatic heterocycles. The Labute approximate surface area is 130 Å². The van der Waals surface area contributed by atoms with Gasteiger partial charge in [-0.2, -0.15) is 4.31 Å². The average molecular weight is 377 g/mol. The average Bonchev–Trinajstić information content (AvgIpc) is 2.64. The van der Waals surface area contributed by atoms with Crippen molar-refractivity contribution < 1.29 is 23.1 Å². The van der Waals surface area contributed by atoms with Gasteiger partial charge in [-0.05, 0) is 34.1 Å². The zero-order valence-electron chi connectivity index (χ0n) is 10.9. The Balaban J connectivity index is 2.41. The third-order valence-corrected chi connectivity index (χ3v) is 5.96. The largest absolute Gasteiger partial charge is 0.478 e. The van der Waals surface area contributed by atoms with Crippen LogP contribution in [0.2, 0.25) is 0 Å². The highest BCUT2D eigenvalue weighted by Gasteiger charge is 2.29. The van der Waals surface area contributed by atoms with Crippen LogP contribution in [0.3, 0.4) is 0 Å². The number of halogens is 1. The molecule has 0 radical (unpaired) electrons. The molecule has 0 bridgehead atoms. The Kier molecular flexibility index (Phi) is 4.64. The van der Waals surface area contributed by atoms with Gasteiger partial charge in [0.1, 0.15) is 0 Å². The lowest BCUT2D eigenvalue weighted by molar-refractivity contribution is -0.120. The third-order valence-electron chi connectivity index (χ3n) is 3.07. The number of sulfonamides is 1. The number of carbonyl (C=O) groups is 2. The van der Waals surface area contributed by atoms with Crippen molar-refractivity contribution in [3.63, 3.8) is 0 Å². The van der Waals surface area contributed by atoms with E-state index < -0.39 is 16.0 Å². The fourth-order valence-corrected chi connectivity index (χ4v) is 4.35. The Morgan fingerprint density at radius 2 is 2.05 bits per heavy atom. The molecule has 0 atom stereocenters. The summed E-state index contributed by atoms with van der Waals surface area (Å²) in [5.74, 6) is -1.40. The highest BCUT2D eigenvalue weighted by atomic mass is 79.9. The van der Waals surface area contributed by atoms with Gasteiger partial charge in [0.05, 0.1) is 10.5 Å². The van der Waals surface area contributed by atoms with Gasteiger partial charge in [0.15, 0.2) is 0 Å². The number of carboxylic acids is 1. The number of hydrogen-bond donors (Lipinski definition) is 2. The molecule has 2 rings (SSSR count). The van der Waals surface area contributed by atoms with Crippen molar-refractivity contribution in [2.75, 3.05) is 19.6 Å². The van der Waals surface area contributed by atoms with Crippen molar-refractivity contribution in [3.8, 4) is 0 Å².